The number of carbonyl (C=O) groups is 3. The van der Waals surface area contributed by atoms with Crippen LogP contribution in [0.2, 0.25) is 0 Å². The largest absolute Gasteiger partial charge is 0.465 e. The van der Waals surface area contributed by atoms with Gasteiger partial charge in [-0.2, -0.15) is 0 Å². The van der Waals surface area contributed by atoms with E-state index in [1.807, 2.05) is 19.1 Å². The maximum atomic E-state index is 13.8. The van der Waals surface area contributed by atoms with E-state index < -0.39 is 37.2 Å². The summed E-state index contributed by atoms with van der Waals surface area (Å²) in [7, 11) is -4.65. The number of para-hydroxylation sites is 1. The van der Waals surface area contributed by atoms with Crippen LogP contribution in [0.1, 0.15) is 57.9 Å². The molecule has 1 saturated carbocycles. The van der Waals surface area contributed by atoms with Crippen LogP contribution < -0.4 is 4.90 Å². The van der Waals surface area contributed by atoms with Crippen molar-refractivity contribution in [1.29, 1.82) is 0 Å². The van der Waals surface area contributed by atoms with E-state index in [1.54, 1.807) is 19.1 Å². The van der Waals surface area contributed by atoms with Gasteiger partial charge in [0.05, 0.1) is 6.61 Å². The topological polar surface area (TPSA) is 124 Å². The molecule has 9 nitrogen and oxygen atoms in total. The van der Waals surface area contributed by atoms with Gasteiger partial charge in [0.2, 0.25) is 11.8 Å². The van der Waals surface area contributed by atoms with Crippen molar-refractivity contribution in [2.24, 2.45) is 5.41 Å². The molecule has 1 aromatic rings. The lowest BCUT2D eigenvalue weighted by atomic mass is 9.81. The van der Waals surface area contributed by atoms with Crippen molar-refractivity contribution in [3.63, 3.8) is 0 Å². The lowest BCUT2D eigenvalue weighted by Crippen LogP contribution is -2.55. The van der Waals surface area contributed by atoms with E-state index >= 15 is 0 Å². The highest BCUT2D eigenvalue weighted by molar-refractivity contribution is 7.51. The summed E-state index contributed by atoms with van der Waals surface area (Å²) in [6.45, 7) is 3.40. The predicted octanol–water partition coefficient (Wildman–Crippen LogP) is 2.83. The Bertz CT molecular complexity index is 938. The van der Waals surface area contributed by atoms with Gasteiger partial charge in [0.15, 0.2) is 0 Å². The molecule has 0 bridgehead atoms. The molecule has 1 aliphatic carbocycles. The summed E-state index contributed by atoms with van der Waals surface area (Å²) in [6.07, 6.45) is 3.34. The van der Waals surface area contributed by atoms with Gasteiger partial charge in [0, 0.05) is 11.1 Å². The van der Waals surface area contributed by atoms with E-state index in [2.05, 4.69) is 0 Å². The third-order valence-electron chi connectivity index (χ3n) is 6.78. The van der Waals surface area contributed by atoms with Crippen molar-refractivity contribution in [2.45, 2.75) is 64.8 Å². The summed E-state index contributed by atoms with van der Waals surface area (Å²) in [5, 5.41) is 0. The lowest BCUT2D eigenvalue weighted by molar-refractivity contribution is -0.148. The van der Waals surface area contributed by atoms with E-state index in [4.69, 9.17) is 4.74 Å². The molecule has 0 saturated heterocycles. The number of esters is 1. The molecule has 1 atom stereocenters. The number of hydrogen-bond donors (Lipinski definition) is 2. The third-order valence-corrected chi connectivity index (χ3v) is 7.45. The van der Waals surface area contributed by atoms with Crippen molar-refractivity contribution in [1.82, 2.24) is 4.90 Å². The van der Waals surface area contributed by atoms with Gasteiger partial charge in [-0.25, -0.2) is 0 Å². The van der Waals surface area contributed by atoms with Gasteiger partial charge in [0.1, 0.15) is 18.9 Å². The number of aryl methyl sites for hydroxylation is 1. The number of nitrogens with zero attached hydrogens (tertiary/aromatic N) is 2. The first-order valence-electron chi connectivity index (χ1n) is 11.5. The molecule has 0 spiro atoms. The Kier molecular flexibility index (Phi) is 7.98. The Balaban J connectivity index is 2.02. The summed E-state index contributed by atoms with van der Waals surface area (Å²) in [6, 6.07) is 6.08. The molecule has 0 aromatic heterocycles. The van der Waals surface area contributed by atoms with Crippen LogP contribution in [0, 0.1) is 5.41 Å². The summed E-state index contributed by atoms with van der Waals surface area (Å²) in [5.41, 5.74) is 0.653. The second kappa shape index (κ2) is 10.4. The molecule has 10 heteroatoms. The Morgan fingerprint density at radius 2 is 1.88 bits per heavy atom. The molecule has 2 aliphatic rings. The van der Waals surface area contributed by atoms with Crippen LogP contribution in [0.3, 0.4) is 0 Å². The summed E-state index contributed by atoms with van der Waals surface area (Å²) >= 11 is 0. The van der Waals surface area contributed by atoms with Gasteiger partial charge in [-0.05, 0) is 50.7 Å². The average Bonchev–Trinajstić information content (AvgIpc) is 3.21. The van der Waals surface area contributed by atoms with Gasteiger partial charge in [-0.3, -0.25) is 23.8 Å². The third kappa shape index (κ3) is 5.65. The molecule has 1 aromatic carbocycles. The fraction of sp³-hybridized carbons (Fsp3) is 0.609. The zero-order chi connectivity index (χ0) is 24.2. The first-order chi connectivity index (χ1) is 15.6. The zero-order valence-corrected chi connectivity index (χ0v) is 20.1. The minimum atomic E-state index is -4.65. The minimum Gasteiger partial charge on any atom is -0.465 e. The fourth-order valence-corrected chi connectivity index (χ4v) is 5.79. The molecule has 182 valence electrons. The van der Waals surface area contributed by atoms with Crippen molar-refractivity contribution in [2.75, 3.05) is 24.3 Å². The fourth-order valence-electron chi connectivity index (χ4n) is 5.07. The van der Waals surface area contributed by atoms with Crippen LogP contribution in [0.5, 0.6) is 0 Å². The molecule has 0 radical (unpaired) electrons. The van der Waals surface area contributed by atoms with Crippen LogP contribution in [0.15, 0.2) is 24.3 Å². The number of benzene rings is 1. The van der Waals surface area contributed by atoms with Gasteiger partial charge in [-0.1, -0.05) is 38.0 Å². The number of carbonyl (C=O) groups excluding carboxylic acids is 3. The van der Waals surface area contributed by atoms with E-state index in [9.17, 15) is 28.7 Å². The Hall–Kier alpha value is -2.22. The number of anilines is 1. The molecule has 33 heavy (non-hydrogen) atoms. The minimum absolute atomic E-state index is 0.160. The zero-order valence-electron chi connectivity index (χ0n) is 19.2. The highest BCUT2D eigenvalue weighted by Gasteiger charge is 2.47. The van der Waals surface area contributed by atoms with Crippen LogP contribution in [0.4, 0.5) is 5.69 Å². The van der Waals surface area contributed by atoms with Gasteiger partial charge in [-0.15, -0.1) is 0 Å². The van der Waals surface area contributed by atoms with Crippen LogP contribution in [-0.2, 0) is 30.1 Å². The second-order valence-corrected chi connectivity index (χ2v) is 10.4. The Morgan fingerprint density at radius 3 is 2.48 bits per heavy atom. The lowest BCUT2D eigenvalue weighted by Gasteiger charge is -2.38. The molecule has 3 rings (SSSR count). The van der Waals surface area contributed by atoms with Gasteiger partial charge < -0.3 is 19.4 Å². The number of ether oxygens (including phenoxy) is 1. The highest BCUT2D eigenvalue weighted by Crippen LogP contribution is 2.46. The molecule has 1 fully saturated rings. The van der Waals surface area contributed by atoms with Gasteiger partial charge >= 0.3 is 13.6 Å². The SMILES string of the molecule is CCOC(=O)CN1C(=O)[C@@H](N(CP(=O)(O)O)C(=O)C2(CC)CCCC2)CCc2ccccc21. The summed E-state index contributed by atoms with van der Waals surface area (Å²) in [5.74, 6) is -1.50. The monoisotopic (exact) mass is 480 g/mol. The predicted molar refractivity (Wildman–Crippen MR) is 122 cm³/mol. The van der Waals surface area contributed by atoms with Crippen LogP contribution in [0.25, 0.3) is 0 Å². The molecular formula is C23H33N2O7P. The Labute approximate surface area is 194 Å². The number of fused-ring (bicyclic) bond motifs is 1. The van der Waals surface area contributed by atoms with E-state index in [1.165, 1.54) is 4.90 Å². The van der Waals surface area contributed by atoms with Crippen molar-refractivity contribution in [3.05, 3.63) is 29.8 Å². The normalized spacial score (nSPS) is 20.2. The first-order valence-corrected chi connectivity index (χ1v) is 13.3. The van der Waals surface area contributed by atoms with Crippen molar-refractivity contribution in [3.8, 4) is 0 Å². The Morgan fingerprint density at radius 1 is 1.21 bits per heavy atom. The summed E-state index contributed by atoms with van der Waals surface area (Å²) in [4.78, 5) is 61.8. The van der Waals surface area contributed by atoms with Crippen LogP contribution >= 0.6 is 7.60 Å². The van der Waals surface area contributed by atoms with Crippen molar-refractivity contribution < 1.29 is 33.5 Å². The maximum absolute atomic E-state index is 13.8. The standard InChI is InChI=1S/C23H33N2O7P/c1-3-23(13-7-8-14-23)22(28)25(16-33(29,30)31)19-12-11-17-9-5-6-10-18(17)24(21(19)27)15-20(26)32-4-2/h5-6,9-10,19H,3-4,7-8,11-16H2,1-2H3,(H2,29,30,31)/t19-/m0/s1. The molecule has 0 unspecified atom stereocenters. The molecule has 1 aliphatic heterocycles. The summed E-state index contributed by atoms with van der Waals surface area (Å²) < 4.78 is 17.1. The molecule has 1 heterocycles. The van der Waals surface area contributed by atoms with Crippen molar-refractivity contribution >= 4 is 31.1 Å². The number of amides is 2. The number of rotatable bonds is 8. The smallest absolute Gasteiger partial charge is 0.344 e. The van der Waals surface area contributed by atoms with E-state index in [0.29, 0.717) is 31.4 Å². The average molecular weight is 480 g/mol. The molecule has 2 N–H and O–H groups in total. The highest BCUT2D eigenvalue weighted by atomic mass is 31.2. The molecular weight excluding hydrogens is 447 g/mol. The maximum Gasteiger partial charge on any atom is 0.344 e. The van der Waals surface area contributed by atoms with Gasteiger partial charge in [0.25, 0.3) is 0 Å². The quantitative estimate of drug-likeness (QED) is 0.433. The van der Waals surface area contributed by atoms with Crippen LogP contribution in [-0.4, -0.2) is 57.9 Å². The van der Waals surface area contributed by atoms with E-state index in [0.717, 1.165) is 23.3 Å². The molecule has 2 amide bonds. The van der Waals surface area contributed by atoms with E-state index in [-0.39, 0.29) is 25.5 Å². The first kappa shape index (κ1) is 25.4. The number of hydrogen-bond acceptors (Lipinski definition) is 5. The second-order valence-electron chi connectivity index (χ2n) is 8.83.